The molecule has 2 aromatic rings. The fourth-order valence-electron chi connectivity index (χ4n) is 1.50. The number of hydrogen-bond donors (Lipinski definition) is 3. The van der Waals surface area contributed by atoms with E-state index in [2.05, 4.69) is 15.0 Å². The minimum atomic E-state index is -0.318. The van der Waals surface area contributed by atoms with Gasteiger partial charge in [-0.1, -0.05) is 0 Å². The largest absolute Gasteiger partial charge is 0.395 e. The zero-order valence-electron chi connectivity index (χ0n) is 8.19. The summed E-state index contributed by atoms with van der Waals surface area (Å²) in [7, 11) is 0. The molecule has 0 bridgehead atoms. The summed E-state index contributed by atoms with van der Waals surface area (Å²) in [6, 6.07) is 0. The van der Waals surface area contributed by atoms with Gasteiger partial charge in [0.25, 0.3) is 0 Å². The number of aliphatic hydroxyl groups excluding tert-OH is 1. The second-order valence-electron chi connectivity index (χ2n) is 3.17. The maximum Gasteiger partial charge on any atom is 0.327 e. The van der Waals surface area contributed by atoms with E-state index in [1.165, 1.54) is 4.57 Å². The van der Waals surface area contributed by atoms with Gasteiger partial charge in [0, 0.05) is 0 Å². The Kier molecular flexibility index (Phi) is 2.16. The van der Waals surface area contributed by atoms with Gasteiger partial charge in [0.15, 0.2) is 5.65 Å². The number of aryl methyl sites for hydroxylation is 1. The molecule has 0 atom stereocenters. The molecule has 0 aliphatic carbocycles. The summed E-state index contributed by atoms with van der Waals surface area (Å²) in [5.74, 6) is 0.116. The minimum Gasteiger partial charge on any atom is -0.395 e. The Balaban J connectivity index is 2.80. The molecule has 2 rings (SSSR count). The van der Waals surface area contributed by atoms with Gasteiger partial charge in [-0.05, 0) is 6.92 Å². The van der Waals surface area contributed by atoms with Gasteiger partial charge < -0.3 is 15.8 Å². The molecule has 0 aliphatic rings. The van der Waals surface area contributed by atoms with Gasteiger partial charge in [-0.3, -0.25) is 4.57 Å². The lowest BCUT2D eigenvalue weighted by Crippen LogP contribution is -2.18. The zero-order valence-corrected chi connectivity index (χ0v) is 8.19. The van der Waals surface area contributed by atoms with Gasteiger partial charge in [0.2, 0.25) is 5.95 Å². The number of fused-ring (bicyclic) bond motifs is 1. The predicted octanol–water partition coefficient (Wildman–Crippen LogP) is -0.997. The molecule has 0 fully saturated rings. The van der Waals surface area contributed by atoms with Crippen LogP contribution >= 0.6 is 0 Å². The van der Waals surface area contributed by atoms with Crippen LogP contribution in [0.4, 0.5) is 5.95 Å². The number of aromatic amines is 1. The normalized spacial score (nSPS) is 11.1. The van der Waals surface area contributed by atoms with E-state index in [0.717, 1.165) is 0 Å². The van der Waals surface area contributed by atoms with Crippen molar-refractivity contribution in [3.8, 4) is 0 Å². The number of aromatic nitrogens is 4. The molecule has 2 aromatic heterocycles. The Hall–Kier alpha value is -1.89. The van der Waals surface area contributed by atoms with Crippen LogP contribution in [0.1, 0.15) is 5.69 Å². The number of nitrogens with one attached hydrogen (secondary N) is 1. The molecule has 0 saturated carbocycles. The van der Waals surface area contributed by atoms with Gasteiger partial charge in [-0.2, -0.15) is 4.98 Å². The van der Waals surface area contributed by atoms with Crippen molar-refractivity contribution < 1.29 is 5.11 Å². The number of anilines is 1. The second kappa shape index (κ2) is 3.35. The third-order valence-corrected chi connectivity index (χ3v) is 2.14. The third kappa shape index (κ3) is 1.46. The average molecular weight is 209 g/mol. The summed E-state index contributed by atoms with van der Waals surface area (Å²) in [6.07, 6.45) is 0. The summed E-state index contributed by atoms with van der Waals surface area (Å²) in [5.41, 5.74) is 6.77. The molecule has 80 valence electrons. The van der Waals surface area contributed by atoms with Crippen LogP contribution in [-0.4, -0.2) is 31.2 Å². The molecule has 0 saturated heterocycles. The van der Waals surface area contributed by atoms with Gasteiger partial charge in [0.1, 0.15) is 5.52 Å². The van der Waals surface area contributed by atoms with Gasteiger partial charge in [-0.15, -0.1) is 0 Å². The van der Waals surface area contributed by atoms with E-state index < -0.39 is 0 Å². The van der Waals surface area contributed by atoms with Crippen LogP contribution in [0.25, 0.3) is 11.2 Å². The molecular weight excluding hydrogens is 198 g/mol. The van der Waals surface area contributed by atoms with Crippen LogP contribution in [-0.2, 0) is 6.54 Å². The molecular formula is C8H11N5O2. The van der Waals surface area contributed by atoms with Crippen molar-refractivity contribution in [2.45, 2.75) is 13.5 Å². The van der Waals surface area contributed by atoms with Crippen molar-refractivity contribution in [1.29, 1.82) is 0 Å². The molecule has 7 nitrogen and oxygen atoms in total. The maximum atomic E-state index is 11.5. The highest BCUT2D eigenvalue weighted by Gasteiger charge is 2.11. The molecule has 0 aliphatic heterocycles. The lowest BCUT2D eigenvalue weighted by Gasteiger charge is -2.00. The average Bonchev–Trinajstić information content (AvgIpc) is 2.46. The number of imidazole rings is 1. The Morgan fingerprint density at radius 2 is 2.27 bits per heavy atom. The van der Waals surface area contributed by atoms with E-state index in [4.69, 9.17) is 10.8 Å². The fourth-order valence-corrected chi connectivity index (χ4v) is 1.50. The molecule has 7 heteroatoms. The molecule has 15 heavy (non-hydrogen) atoms. The summed E-state index contributed by atoms with van der Waals surface area (Å²) in [4.78, 5) is 22.0. The number of nitrogens with zero attached hydrogens (tertiary/aromatic N) is 3. The van der Waals surface area contributed by atoms with Gasteiger partial charge >= 0.3 is 5.69 Å². The van der Waals surface area contributed by atoms with E-state index in [1.54, 1.807) is 6.92 Å². The highest BCUT2D eigenvalue weighted by molar-refractivity contribution is 5.74. The van der Waals surface area contributed by atoms with Crippen LogP contribution in [0.5, 0.6) is 0 Å². The summed E-state index contributed by atoms with van der Waals surface area (Å²) >= 11 is 0. The molecule has 0 amide bonds. The Morgan fingerprint density at radius 1 is 1.53 bits per heavy atom. The first-order valence-electron chi connectivity index (χ1n) is 4.47. The van der Waals surface area contributed by atoms with Gasteiger partial charge in [-0.25, -0.2) is 9.78 Å². The molecule has 0 aromatic carbocycles. The highest BCUT2D eigenvalue weighted by atomic mass is 16.3. The lowest BCUT2D eigenvalue weighted by atomic mass is 10.4. The zero-order chi connectivity index (χ0) is 11.0. The Labute approximate surface area is 84.6 Å². The molecule has 0 radical (unpaired) electrons. The van der Waals surface area contributed by atoms with Crippen molar-refractivity contribution in [2.75, 3.05) is 12.3 Å². The Morgan fingerprint density at radius 3 is 2.93 bits per heavy atom. The standard InChI is InChI=1S/C8H11N5O2/c1-4-5-6(12-7(9)10-4)13(2-3-14)8(15)11-5/h14H,2-3H2,1H3,(H,11,15)(H2,9,10,12). The Bertz CT molecular complexity index is 556. The number of H-pyrrole nitrogens is 1. The molecule has 2 heterocycles. The monoisotopic (exact) mass is 209 g/mol. The minimum absolute atomic E-state index is 0.116. The van der Waals surface area contributed by atoms with Crippen LogP contribution in [0.2, 0.25) is 0 Å². The topological polar surface area (TPSA) is 110 Å². The highest BCUT2D eigenvalue weighted by Crippen LogP contribution is 2.11. The first-order valence-corrected chi connectivity index (χ1v) is 4.47. The molecule has 4 N–H and O–H groups in total. The third-order valence-electron chi connectivity index (χ3n) is 2.14. The first-order chi connectivity index (χ1) is 7.13. The van der Waals surface area contributed by atoms with Crippen LogP contribution in [0.3, 0.4) is 0 Å². The van der Waals surface area contributed by atoms with Crippen molar-refractivity contribution in [3.63, 3.8) is 0 Å². The number of nitrogens with two attached hydrogens (primary N) is 1. The molecule has 0 unspecified atom stereocenters. The summed E-state index contributed by atoms with van der Waals surface area (Å²) in [6.45, 7) is 1.80. The quantitative estimate of drug-likeness (QED) is 0.587. The smallest absolute Gasteiger partial charge is 0.327 e. The molecule has 0 spiro atoms. The lowest BCUT2D eigenvalue weighted by molar-refractivity contribution is 0.276. The van der Waals surface area contributed by atoms with Crippen LogP contribution in [0, 0.1) is 6.92 Å². The van der Waals surface area contributed by atoms with Gasteiger partial charge in [0.05, 0.1) is 18.8 Å². The van der Waals surface area contributed by atoms with E-state index in [-0.39, 0.29) is 24.8 Å². The summed E-state index contributed by atoms with van der Waals surface area (Å²) < 4.78 is 1.33. The first kappa shape index (κ1) is 9.66. The van der Waals surface area contributed by atoms with Crippen LogP contribution in [0.15, 0.2) is 4.79 Å². The van der Waals surface area contributed by atoms with E-state index >= 15 is 0 Å². The maximum absolute atomic E-state index is 11.5. The number of hydrogen-bond acceptors (Lipinski definition) is 5. The SMILES string of the molecule is Cc1nc(N)nc2c1[nH]c(=O)n2CCO. The second-order valence-corrected chi connectivity index (χ2v) is 3.17. The summed E-state index contributed by atoms with van der Waals surface area (Å²) in [5, 5.41) is 8.81. The predicted molar refractivity (Wildman–Crippen MR) is 54.4 cm³/mol. The van der Waals surface area contributed by atoms with E-state index in [0.29, 0.717) is 16.9 Å². The van der Waals surface area contributed by atoms with Crippen LogP contribution < -0.4 is 11.4 Å². The van der Waals surface area contributed by atoms with Crippen molar-refractivity contribution in [2.24, 2.45) is 0 Å². The van der Waals surface area contributed by atoms with Crippen molar-refractivity contribution >= 4 is 17.1 Å². The number of nitrogen functional groups attached to an aromatic ring is 1. The number of rotatable bonds is 2. The van der Waals surface area contributed by atoms with Crippen molar-refractivity contribution in [3.05, 3.63) is 16.2 Å². The van der Waals surface area contributed by atoms with E-state index in [1.807, 2.05) is 0 Å². The number of aliphatic hydroxyl groups is 1. The van der Waals surface area contributed by atoms with Crippen molar-refractivity contribution in [1.82, 2.24) is 19.5 Å². The fraction of sp³-hybridized carbons (Fsp3) is 0.375. The van der Waals surface area contributed by atoms with E-state index in [9.17, 15) is 4.79 Å².